The van der Waals surface area contributed by atoms with Crippen molar-refractivity contribution in [2.24, 2.45) is 17.8 Å². The number of nitrogens with one attached hydrogen (secondary N) is 2. The molecule has 5 rings (SSSR count). The van der Waals surface area contributed by atoms with Gasteiger partial charge in [-0.1, -0.05) is 56.3 Å². The van der Waals surface area contributed by atoms with Gasteiger partial charge in [0.25, 0.3) is 0 Å². The number of rotatable bonds is 8. The maximum Gasteiger partial charge on any atom is 0.250 e. The molecular weight excluding hydrogens is 494 g/mol. The fourth-order valence-corrected chi connectivity index (χ4v) is 7.15. The van der Waals surface area contributed by atoms with E-state index in [0.717, 1.165) is 16.7 Å². The largest absolute Gasteiger partial charge is 0.394 e. The van der Waals surface area contributed by atoms with Gasteiger partial charge in [0, 0.05) is 12.2 Å². The van der Waals surface area contributed by atoms with Gasteiger partial charge in [-0.3, -0.25) is 14.4 Å². The maximum absolute atomic E-state index is 14.2. The molecule has 0 radical (unpaired) electrons. The second kappa shape index (κ2) is 10.1. The van der Waals surface area contributed by atoms with Crippen LogP contribution in [0.3, 0.4) is 0 Å². The van der Waals surface area contributed by atoms with E-state index in [1.807, 2.05) is 83.1 Å². The summed E-state index contributed by atoms with van der Waals surface area (Å²) in [6.07, 6.45) is 0.946. The Morgan fingerprint density at radius 3 is 2.54 bits per heavy atom. The van der Waals surface area contributed by atoms with Gasteiger partial charge in [0.1, 0.15) is 11.6 Å². The zero-order chi connectivity index (χ0) is 28.1. The number of likely N-dealkylation sites (tertiary alicyclic amines) is 1. The summed E-state index contributed by atoms with van der Waals surface area (Å²) in [5.74, 6) is -2.53. The minimum absolute atomic E-state index is 0.0563. The molecule has 3 amide bonds. The van der Waals surface area contributed by atoms with Crippen LogP contribution >= 0.6 is 0 Å². The van der Waals surface area contributed by atoms with Crippen molar-refractivity contribution < 1.29 is 24.2 Å². The van der Waals surface area contributed by atoms with Crippen LogP contribution in [0, 0.1) is 31.6 Å². The van der Waals surface area contributed by atoms with Crippen molar-refractivity contribution in [2.75, 3.05) is 11.9 Å². The molecule has 3 aliphatic heterocycles. The number of anilines is 1. The first-order valence-corrected chi connectivity index (χ1v) is 13.9. The van der Waals surface area contributed by atoms with Crippen LogP contribution in [0.5, 0.6) is 0 Å². The van der Waals surface area contributed by atoms with Gasteiger partial charge in [-0.05, 0) is 62.3 Å². The molecule has 2 aromatic carbocycles. The molecule has 3 fully saturated rings. The molecule has 8 nitrogen and oxygen atoms in total. The van der Waals surface area contributed by atoms with E-state index in [1.54, 1.807) is 0 Å². The average Bonchev–Trinajstić information content (AvgIpc) is 3.43. The van der Waals surface area contributed by atoms with Gasteiger partial charge < -0.3 is 25.4 Å². The summed E-state index contributed by atoms with van der Waals surface area (Å²) in [5, 5.41) is 16.3. The molecular formula is C31H39N3O5. The van der Waals surface area contributed by atoms with Gasteiger partial charge in [0.2, 0.25) is 17.7 Å². The maximum atomic E-state index is 14.2. The topological polar surface area (TPSA) is 108 Å². The molecule has 3 unspecified atom stereocenters. The Morgan fingerprint density at radius 2 is 1.87 bits per heavy atom. The first-order chi connectivity index (χ1) is 18.6. The van der Waals surface area contributed by atoms with Crippen LogP contribution in [0.2, 0.25) is 0 Å². The quantitative estimate of drug-likeness (QED) is 0.483. The van der Waals surface area contributed by atoms with E-state index in [4.69, 9.17) is 4.74 Å². The Hall–Kier alpha value is -3.23. The molecule has 3 N–H and O–H groups in total. The fourth-order valence-electron chi connectivity index (χ4n) is 7.15. The van der Waals surface area contributed by atoms with Crippen molar-refractivity contribution >= 4 is 23.4 Å². The number of nitrogens with zero attached hydrogens (tertiary/aromatic N) is 1. The molecule has 8 heteroatoms. The Labute approximate surface area is 230 Å². The zero-order valence-corrected chi connectivity index (χ0v) is 23.4. The lowest BCUT2D eigenvalue weighted by Gasteiger charge is -2.36. The standard InChI is InChI=1S/C31H39N3O5/c1-6-22(17-35)34-26(28(37)33-23-14-18(2)12-13-19(23)3)31-15-20(4)30(5,39-31)24(25(31)29(34)38)27(36)32-16-21-10-8-7-9-11-21/h7-14,20,22,24-26,35H,6,15-17H2,1-5H3,(H,32,36)(H,33,37)/t20?,22-,24-,25-,26?,30+,31?/m0/s1. The summed E-state index contributed by atoms with van der Waals surface area (Å²) >= 11 is 0. The Morgan fingerprint density at radius 1 is 1.15 bits per heavy atom. The van der Waals surface area contributed by atoms with Crippen LogP contribution in [0.25, 0.3) is 0 Å². The van der Waals surface area contributed by atoms with Crippen molar-refractivity contribution in [1.29, 1.82) is 0 Å². The van der Waals surface area contributed by atoms with Gasteiger partial charge in [-0.2, -0.15) is 0 Å². The molecule has 3 saturated heterocycles. The highest BCUT2D eigenvalue weighted by Gasteiger charge is 2.80. The third-order valence-electron chi connectivity index (χ3n) is 9.32. The van der Waals surface area contributed by atoms with Crippen LogP contribution in [-0.4, -0.2) is 57.6 Å². The number of amides is 3. The van der Waals surface area contributed by atoms with E-state index >= 15 is 0 Å². The number of ether oxygens (including phenoxy) is 1. The Bertz CT molecular complexity index is 1280. The predicted octanol–water partition coefficient (Wildman–Crippen LogP) is 3.34. The van der Waals surface area contributed by atoms with Gasteiger partial charge in [0.05, 0.1) is 30.1 Å². The van der Waals surface area contributed by atoms with Crippen molar-refractivity contribution in [3.8, 4) is 0 Å². The molecule has 2 aromatic rings. The summed E-state index contributed by atoms with van der Waals surface area (Å²) in [7, 11) is 0. The van der Waals surface area contributed by atoms with Gasteiger partial charge in [0.15, 0.2) is 0 Å². The smallest absolute Gasteiger partial charge is 0.250 e. The van der Waals surface area contributed by atoms with E-state index in [9.17, 15) is 19.5 Å². The molecule has 7 atom stereocenters. The normalized spacial score (nSPS) is 31.7. The molecule has 0 aliphatic carbocycles. The number of carbonyl (C=O) groups excluding carboxylic acids is 3. The number of aryl methyl sites for hydroxylation is 2. The summed E-state index contributed by atoms with van der Waals surface area (Å²) in [5.41, 5.74) is 1.48. The summed E-state index contributed by atoms with van der Waals surface area (Å²) in [6.45, 7) is 9.74. The molecule has 1 spiro atoms. The molecule has 2 bridgehead atoms. The van der Waals surface area contributed by atoms with Crippen LogP contribution < -0.4 is 10.6 Å². The second-order valence-electron chi connectivity index (χ2n) is 11.7. The van der Waals surface area contributed by atoms with Crippen LogP contribution in [0.15, 0.2) is 48.5 Å². The highest BCUT2D eigenvalue weighted by Crippen LogP contribution is 2.65. The lowest BCUT2D eigenvalue weighted by Crippen LogP contribution is -2.56. The van der Waals surface area contributed by atoms with Crippen molar-refractivity contribution in [1.82, 2.24) is 10.2 Å². The second-order valence-corrected chi connectivity index (χ2v) is 11.7. The van der Waals surface area contributed by atoms with Gasteiger partial charge >= 0.3 is 0 Å². The number of hydrogen-bond acceptors (Lipinski definition) is 5. The fraction of sp³-hybridized carbons (Fsp3) is 0.516. The molecule has 39 heavy (non-hydrogen) atoms. The average molecular weight is 534 g/mol. The van der Waals surface area contributed by atoms with Crippen LogP contribution in [0.1, 0.15) is 50.3 Å². The highest BCUT2D eigenvalue weighted by molar-refractivity contribution is 6.04. The van der Waals surface area contributed by atoms with Crippen LogP contribution in [-0.2, 0) is 25.7 Å². The Balaban J connectivity index is 1.53. The van der Waals surface area contributed by atoms with E-state index in [1.165, 1.54) is 4.90 Å². The van der Waals surface area contributed by atoms with E-state index in [2.05, 4.69) is 10.6 Å². The summed E-state index contributed by atoms with van der Waals surface area (Å²) < 4.78 is 6.77. The molecule has 0 aromatic heterocycles. The zero-order valence-electron chi connectivity index (χ0n) is 23.4. The molecule has 0 saturated carbocycles. The molecule has 3 aliphatic rings. The predicted molar refractivity (Wildman–Crippen MR) is 148 cm³/mol. The third kappa shape index (κ3) is 4.25. The summed E-state index contributed by atoms with van der Waals surface area (Å²) in [6, 6.07) is 13.9. The van der Waals surface area contributed by atoms with E-state index in [-0.39, 0.29) is 30.2 Å². The Kier molecular flexibility index (Phi) is 7.06. The van der Waals surface area contributed by atoms with E-state index < -0.39 is 35.1 Å². The number of hydrogen-bond donors (Lipinski definition) is 3. The summed E-state index contributed by atoms with van der Waals surface area (Å²) in [4.78, 5) is 43.7. The monoisotopic (exact) mass is 533 g/mol. The van der Waals surface area contributed by atoms with Crippen molar-refractivity contribution in [3.63, 3.8) is 0 Å². The van der Waals surface area contributed by atoms with Crippen molar-refractivity contribution in [3.05, 3.63) is 65.2 Å². The van der Waals surface area contributed by atoms with Gasteiger partial charge in [-0.15, -0.1) is 0 Å². The van der Waals surface area contributed by atoms with E-state index in [0.29, 0.717) is 25.1 Å². The minimum Gasteiger partial charge on any atom is -0.394 e. The first-order valence-electron chi connectivity index (χ1n) is 13.9. The van der Waals surface area contributed by atoms with Gasteiger partial charge in [-0.25, -0.2) is 0 Å². The number of carbonyl (C=O) groups is 3. The number of fused-ring (bicyclic) bond motifs is 1. The van der Waals surface area contributed by atoms with Crippen LogP contribution in [0.4, 0.5) is 5.69 Å². The number of benzene rings is 2. The lowest BCUT2D eigenvalue weighted by atomic mass is 9.62. The number of aliphatic hydroxyl groups is 1. The van der Waals surface area contributed by atoms with Crippen molar-refractivity contribution in [2.45, 2.75) is 77.3 Å². The minimum atomic E-state index is -1.16. The molecule has 3 heterocycles. The highest BCUT2D eigenvalue weighted by atomic mass is 16.5. The molecule has 208 valence electrons. The third-order valence-corrected chi connectivity index (χ3v) is 9.32. The SMILES string of the molecule is CC[C@@H](CO)N1C(=O)[C@@H]2[C@@H](C(=O)NCc3ccccc3)[C@]3(C)OC2(CC3C)C1C(=O)Nc1cc(C)ccc1C. The number of aliphatic hydroxyl groups excluding tert-OH is 1. The first kappa shape index (κ1) is 27.3. The lowest BCUT2D eigenvalue weighted by molar-refractivity contribution is -0.149.